The quantitative estimate of drug-likeness (QED) is 0.721. The number of halogens is 1. The van der Waals surface area contributed by atoms with Crippen molar-refractivity contribution >= 4 is 40.0 Å². The van der Waals surface area contributed by atoms with Crippen LogP contribution >= 0.6 is 33.9 Å². The zero-order valence-corrected chi connectivity index (χ0v) is 9.96. The monoisotopic (exact) mass is 300 g/mol. The SMILES string of the molecule is Ic1ccc(/C=C/C2C=CC=C2)s1. The third-order valence-corrected chi connectivity index (χ3v) is 3.71. The molecule has 0 aromatic carbocycles. The van der Waals surface area contributed by atoms with E-state index in [0.717, 1.165) is 0 Å². The Morgan fingerprint density at radius 3 is 2.62 bits per heavy atom. The molecule has 1 aliphatic carbocycles. The minimum absolute atomic E-state index is 0.500. The van der Waals surface area contributed by atoms with Crippen molar-refractivity contribution in [2.24, 2.45) is 5.92 Å². The van der Waals surface area contributed by atoms with Crippen molar-refractivity contribution in [3.8, 4) is 0 Å². The second-order valence-electron chi connectivity index (χ2n) is 2.85. The predicted molar refractivity (Wildman–Crippen MR) is 67.8 cm³/mol. The normalized spacial score (nSPS) is 16.4. The van der Waals surface area contributed by atoms with Crippen LogP contribution in [-0.4, -0.2) is 0 Å². The summed E-state index contributed by atoms with van der Waals surface area (Å²) in [5.74, 6) is 0.500. The molecule has 0 atom stereocenters. The summed E-state index contributed by atoms with van der Waals surface area (Å²) < 4.78 is 1.34. The summed E-state index contributed by atoms with van der Waals surface area (Å²) in [6, 6.07) is 4.30. The van der Waals surface area contributed by atoms with Gasteiger partial charge in [-0.2, -0.15) is 0 Å². The van der Waals surface area contributed by atoms with Gasteiger partial charge in [-0.1, -0.05) is 30.4 Å². The van der Waals surface area contributed by atoms with Gasteiger partial charge in [-0.25, -0.2) is 0 Å². The molecule has 1 heterocycles. The highest BCUT2D eigenvalue weighted by molar-refractivity contribution is 14.1. The van der Waals surface area contributed by atoms with E-state index in [9.17, 15) is 0 Å². The fraction of sp³-hybridized carbons (Fsp3) is 0.0909. The number of allylic oxidation sites excluding steroid dienone is 5. The summed E-state index contributed by atoms with van der Waals surface area (Å²) >= 11 is 4.17. The van der Waals surface area contributed by atoms with Crippen molar-refractivity contribution in [1.82, 2.24) is 0 Å². The highest BCUT2D eigenvalue weighted by Crippen LogP contribution is 2.21. The van der Waals surface area contributed by atoms with E-state index in [1.807, 2.05) is 11.3 Å². The molecule has 0 saturated carbocycles. The smallest absolute Gasteiger partial charge is 0.0659 e. The molecule has 2 heteroatoms. The van der Waals surface area contributed by atoms with Crippen molar-refractivity contribution in [2.45, 2.75) is 0 Å². The Labute approximate surface area is 95.8 Å². The molecule has 13 heavy (non-hydrogen) atoms. The largest absolute Gasteiger partial charge is 0.130 e. The molecule has 66 valence electrons. The number of thiophene rings is 1. The molecule has 0 N–H and O–H groups in total. The van der Waals surface area contributed by atoms with Gasteiger partial charge in [-0.3, -0.25) is 0 Å². The molecule has 1 aromatic heterocycles. The molecule has 0 unspecified atom stereocenters. The van der Waals surface area contributed by atoms with Gasteiger partial charge >= 0.3 is 0 Å². The van der Waals surface area contributed by atoms with E-state index in [1.54, 1.807) is 0 Å². The van der Waals surface area contributed by atoms with Gasteiger partial charge in [-0.15, -0.1) is 11.3 Å². The van der Waals surface area contributed by atoms with E-state index < -0.39 is 0 Å². The van der Waals surface area contributed by atoms with Crippen LogP contribution in [0, 0.1) is 8.80 Å². The first-order valence-corrected chi connectivity index (χ1v) is 6.03. The van der Waals surface area contributed by atoms with E-state index in [-0.39, 0.29) is 0 Å². The molecular formula is C11H9IS. The van der Waals surface area contributed by atoms with Gasteiger partial charge < -0.3 is 0 Å². The molecule has 0 fully saturated rings. The third kappa shape index (κ3) is 2.54. The second kappa shape index (κ2) is 4.24. The lowest BCUT2D eigenvalue weighted by molar-refractivity contribution is 1.10. The summed E-state index contributed by atoms with van der Waals surface area (Å²) in [4.78, 5) is 1.33. The molecule has 0 bridgehead atoms. The van der Waals surface area contributed by atoms with Gasteiger partial charge in [0.25, 0.3) is 0 Å². The maximum Gasteiger partial charge on any atom is 0.0659 e. The molecule has 0 spiro atoms. The van der Waals surface area contributed by atoms with Crippen LogP contribution in [0.15, 0.2) is 42.5 Å². The summed E-state index contributed by atoms with van der Waals surface area (Å²) in [5.41, 5.74) is 0. The predicted octanol–water partition coefficient (Wildman–Crippen LogP) is 4.11. The average Bonchev–Trinajstić information content (AvgIpc) is 2.71. The molecule has 0 amide bonds. The van der Waals surface area contributed by atoms with Crippen molar-refractivity contribution in [2.75, 3.05) is 0 Å². The van der Waals surface area contributed by atoms with Crippen molar-refractivity contribution in [1.29, 1.82) is 0 Å². The number of hydrogen-bond donors (Lipinski definition) is 0. The Bertz CT molecular complexity index is 359. The van der Waals surface area contributed by atoms with E-state index in [2.05, 4.69) is 71.2 Å². The van der Waals surface area contributed by atoms with Crippen LogP contribution in [0.1, 0.15) is 4.88 Å². The molecular weight excluding hydrogens is 291 g/mol. The first-order valence-electron chi connectivity index (χ1n) is 4.13. The zero-order chi connectivity index (χ0) is 9.10. The Balaban J connectivity index is 2.05. The Morgan fingerprint density at radius 2 is 2.00 bits per heavy atom. The Hall–Kier alpha value is -0.350. The topological polar surface area (TPSA) is 0 Å². The number of hydrogen-bond acceptors (Lipinski definition) is 1. The highest BCUT2D eigenvalue weighted by Gasteiger charge is 1.98. The summed E-state index contributed by atoms with van der Waals surface area (Å²) in [6.45, 7) is 0. The van der Waals surface area contributed by atoms with Crippen LogP contribution in [-0.2, 0) is 0 Å². The third-order valence-electron chi connectivity index (χ3n) is 1.85. The molecule has 0 saturated heterocycles. The number of rotatable bonds is 2. The van der Waals surface area contributed by atoms with E-state index in [4.69, 9.17) is 0 Å². The van der Waals surface area contributed by atoms with Crippen LogP contribution in [0.25, 0.3) is 6.08 Å². The molecule has 0 radical (unpaired) electrons. The van der Waals surface area contributed by atoms with E-state index in [0.29, 0.717) is 5.92 Å². The van der Waals surface area contributed by atoms with E-state index in [1.165, 1.54) is 7.76 Å². The Kier molecular flexibility index (Phi) is 3.01. The van der Waals surface area contributed by atoms with Gasteiger partial charge in [0.2, 0.25) is 0 Å². The van der Waals surface area contributed by atoms with Gasteiger partial charge in [0.1, 0.15) is 0 Å². The van der Waals surface area contributed by atoms with Crippen LogP contribution in [0.2, 0.25) is 0 Å². The van der Waals surface area contributed by atoms with Gasteiger partial charge in [0.15, 0.2) is 0 Å². The summed E-state index contributed by atoms with van der Waals surface area (Å²) in [7, 11) is 0. The molecule has 0 aliphatic heterocycles. The Morgan fingerprint density at radius 1 is 1.23 bits per heavy atom. The molecule has 0 nitrogen and oxygen atoms in total. The van der Waals surface area contributed by atoms with E-state index >= 15 is 0 Å². The van der Waals surface area contributed by atoms with Gasteiger partial charge in [-0.05, 0) is 40.8 Å². The minimum atomic E-state index is 0.500. The highest BCUT2D eigenvalue weighted by atomic mass is 127. The lowest BCUT2D eigenvalue weighted by Crippen LogP contribution is -1.78. The van der Waals surface area contributed by atoms with Crippen LogP contribution in [0.4, 0.5) is 0 Å². The maximum absolute atomic E-state index is 2.35. The van der Waals surface area contributed by atoms with Crippen molar-refractivity contribution in [3.63, 3.8) is 0 Å². The lowest BCUT2D eigenvalue weighted by Gasteiger charge is -1.93. The molecule has 1 aromatic rings. The second-order valence-corrected chi connectivity index (χ2v) is 5.86. The van der Waals surface area contributed by atoms with Crippen LogP contribution in [0.3, 0.4) is 0 Å². The van der Waals surface area contributed by atoms with Gasteiger partial charge in [0, 0.05) is 10.8 Å². The van der Waals surface area contributed by atoms with Crippen molar-refractivity contribution in [3.05, 3.63) is 50.3 Å². The fourth-order valence-corrected chi connectivity index (χ4v) is 2.79. The minimum Gasteiger partial charge on any atom is -0.130 e. The fourth-order valence-electron chi connectivity index (χ4n) is 1.20. The summed E-state index contributed by atoms with van der Waals surface area (Å²) in [5, 5.41) is 0. The van der Waals surface area contributed by atoms with Crippen molar-refractivity contribution < 1.29 is 0 Å². The standard InChI is InChI=1S/C11H9IS/c12-11-8-7-10(13-11)6-5-9-3-1-2-4-9/h1-9H/b6-5+. The summed E-state index contributed by atoms with van der Waals surface area (Å²) in [6.07, 6.45) is 13.0. The maximum atomic E-state index is 2.35. The zero-order valence-electron chi connectivity index (χ0n) is 6.98. The first-order chi connectivity index (χ1) is 6.34. The van der Waals surface area contributed by atoms with Crippen LogP contribution < -0.4 is 0 Å². The first kappa shape index (κ1) is 9.21. The molecule has 1 aliphatic rings. The molecule has 2 rings (SSSR count). The average molecular weight is 300 g/mol. The van der Waals surface area contributed by atoms with Crippen LogP contribution in [0.5, 0.6) is 0 Å². The van der Waals surface area contributed by atoms with Gasteiger partial charge in [0.05, 0.1) is 2.88 Å². The lowest BCUT2D eigenvalue weighted by atomic mass is 10.1.